The van der Waals surface area contributed by atoms with Crippen LogP contribution in [-0.2, 0) is 4.79 Å². The van der Waals surface area contributed by atoms with Gasteiger partial charge in [-0.1, -0.05) is 24.3 Å². The van der Waals surface area contributed by atoms with E-state index < -0.39 is 0 Å². The predicted molar refractivity (Wildman–Crippen MR) is 141 cm³/mol. The zero-order valence-electron chi connectivity index (χ0n) is 20.5. The van der Waals surface area contributed by atoms with Crippen LogP contribution in [0.1, 0.15) is 21.7 Å². The van der Waals surface area contributed by atoms with Crippen molar-refractivity contribution in [1.82, 2.24) is 4.90 Å². The number of amides is 2. The molecule has 2 amide bonds. The standard InChI is InChI=1S/C29H29N3O4/c1-20-7-12-25(17-21(20)2)35-19-28(33)30-23-8-10-24(11-9-23)31-13-15-32(16-14-31)29(34)27-18-22-5-3-4-6-26(22)36-27/h3-12,17-18H,13-16,19H2,1-2H3,(H,30,33). The van der Waals surface area contributed by atoms with Gasteiger partial charge in [0, 0.05) is 42.9 Å². The number of hydrogen-bond acceptors (Lipinski definition) is 5. The first-order valence-corrected chi connectivity index (χ1v) is 12.1. The van der Waals surface area contributed by atoms with Gasteiger partial charge in [-0.05, 0) is 73.5 Å². The molecule has 0 unspecified atom stereocenters. The maximum absolute atomic E-state index is 12.9. The summed E-state index contributed by atoms with van der Waals surface area (Å²) >= 11 is 0. The Morgan fingerprint density at radius 2 is 1.64 bits per heavy atom. The van der Waals surface area contributed by atoms with Crippen LogP contribution in [-0.4, -0.2) is 49.5 Å². The third-order valence-electron chi connectivity index (χ3n) is 6.57. The highest BCUT2D eigenvalue weighted by atomic mass is 16.5. The van der Waals surface area contributed by atoms with Gasteiger partial charge in [0.1, 0.15) is 11.3 Å². The summed E-state index contributed by atoms with van der Waals surface area (Å²) < 4.78 is 11.4. The van der Waals surface area contributed by atoms with E-state index in [1.807, 2.05) is 91.5 Å². The molecule has 7 heteroatoms. The topological polar surface area (TPSA) is 75.0 Å². The van der Waals surface area contributed by atoms with E-state index in [1.165, 1.54) is 5.56 Å². The Hall–Kier alpha value is -4.26. The van der Waals surface area contributed by atoms with E-state index in [0.29, 0.717) is 30.3 Å². The molecule has 0 radical (unpaired) electrons. The number of piperazine rings is 1. The minimum atomic E-state index is -0.210. The van der Waals surface area contributed by atoms with E-state index in [9.17, 15) is 9.59 Å². The molecule has 7 nitrogen and oxygen atoms in total. The number of nitrogens with one attached hydrogen (secondary N) is 1. The molecule has 0 bridgehead atoms. The van der Waals surface area contributed by atoms with Crippen molar-refractivity contribution in [3.05, 3.63) is 89.7 Å². The second kappa shape index (κ2) is 10.2. The number of fused-ring (bicyclic) bond motifs is 1. The minimum absolute atomic E-state index is 0.0501. The van der Waals surface area contributed by atoms with Gasteiger partial charge in [0.25, 0.3) is 11.8 Å². The lowest BCUT2D eigenvalue weighted by Crippen LogP contribution is -2.48. The van der Waals surface area contributed by atoms with Crippen LogP contribution >= 0.6 is 0 Å². The van der Waals surface area contributed by atoms with Crippen molar-refractivity contribution < 1.29 is 18.7 Å². The van der Waals surface area contributed by atoms with E-state index in [4.69, 9.17) is 9.15 Å². The smallest absolute Gasteiger partial charge is 0.289 e. The molecule has 0 saturated carbocycles. The van der Waals surface area contributed by atoms with Gasteiger partial charge in [0.15, 0.2) is 12.4 Å². The number of nitrogens with zero attached hydrogens (tertiary/aromatic N) is 2. The third kappa shape index (κ3) is 5.20. The van der Waals surface area contributed by atoms with Crippen LogP contribution in [0, 0.1) is 13.8 Å². The first kappa shape index (κ1) is 23.5. The summed E-state index contributed by atoms with van der Waals surface area (Å²) in [6, 6.07) is 23.0. The molecule has 1 saturated heterocycles. The number of furan rings is 1. The van der Waals surface area contributed by atoms with Crippen molar-refractivity contribution in [2.45, 2.75) is 13.8 Å². The quantitative estimate of drug-likeness (QED) is 0.416. The Kier molecular flexibility index (Phi) is 6.62. The SMILES string of the molecule is Cc1ccc(OCC(=O)Nc2ccc(N3CCN(C(=O)c4cc5ccccc5o4)CC3)cc2)cc1C. The second-order valence-electron chi connectivity index (χ2n) is 9.06. The van der Waals surface area contributed by atoms with Gasteiger partial charge in [-0.3, -0.25) is 9.59 Å². The number of ether oxygens (including phenoxy) is 1. The molecular weight excluding hydrogens is 454 g/mol. The summed E-state index contributed by atoms with van der Waals surface area (Å²) in [6.45, 7) is 6.68. The van der Waals surface area contributed by atoms with Crippen molar-refractivity contribution >= 4 is 34.2 Å². The van der Waals surface area contributed by atoms with Gasteiger partial charge in [-0.25, -0.2) is 0 Å². The fourth-order valence-electron chi connectivity index (χ4n) is 4.32. The number of anilines is 2. The summed E-state index contributed by atoms with van der Waals surface area (Å²) in [6.07, 6.45) is 0. The predicted octanol–water partition coefficient (Wildman–Crippen LogP) is 5.03. The van der Waals surface area contributed by atoms with Crippen LogP contribution in [0.25, 0.3) is 11.0 Å². The van der Waals surface area contributed by atoms with Crippen molar-refractivity contribution in [3.8, 4) is 5.75 Å². The van der Waals surface area contributed by atoms with Crippen LogP contribution in [0.2, 0.25) is 0 Å². The highest BCUT2D eigenvalue weighted by Crippen LogP contribution is 2.23. The maximum Gasteiger partial charge on any atom is 0.289 e. The fourth-order valence-corrected chi connectivity index (χ4v) is 4.32. The molecule has 184 valence electrons. The third-order valence-corrected chi connectivity index (χ3v) is 6.57. The Morgan fingerprint density at radius 1 is 0.889 bits per heavy atom. The highest BCUT2D eigenvalue weighted by molar-refractivity contribution is 5.96. The molecule has 0 aliphatic carbocycles. The van der Waals surface area contributed by atoms with Gasteiger partial charge < -0.3 is 24.3 Å². The van der Waals surface area contributed by atoms with E-state index >= 15 is 0 Å². The average Bonchev–Trinajstić information content (AvgIpc) is 3.34. The lowest BCUT2D eigenvalue weighted by molar-refractivity contribution is -0.118. The maximum atomic E-state index is 12.9. The molecule has 0 atom stereocenters. The molecule has 2 heterocycles. The van der Waals surface area contributed by atoms with Gasteiger partial charge in [-0.2, -0.15) is 0 Å². The van der Waals surface area contributed by atoms with E-state index in [-0.39, 0.29) is 18.4 Å². The molecule has 1 aliphatic heterocycles. The first-order chi connectivity index (χ1) is 17.5. The normalized spacial score (nSPS) is 13.6. The van der Waals surface area contributed by atoms with Crippen LogP contribution in [0.4, 0.5) is 11.4 Å². The number of rotatable bonds is 6. The van der Waals surface area contributed by atoms with Crippen molar-refractivity contribution in [2.75, 3.05) is 43.0 Å². The van der Waals surface area contributed by atoms with Gasteiger partial charge >= 0.3 is 0 Å². The van der Waals surface area contributed by atoms with Crippen molar-refractivity contribution in [3.63, 3.8) is 0 Å². The number of hydrogen-bond donors (Lipinski definition) is 1. The minimum Gasteiger partial charge on any atom is -0.484 e. The second-order valence-corrected chi connectivity index (χ2v) is 9.06. The fraction of sp³-hybridized carbons (Fsp3) is 0.241. The van der Waals surface area contributed by atoms with Gasteiger partial charge in [-0.15, -0.1) is 0 Å². The van der Waals surface area contributed by atoms with Crippen molar-refractivity contribution in [2.24, 2.45) is 0 Å². The van der Waals surface area contributed by atoms with Crippen LogP contribution in [0.15, 0.2) is 77.2 Å². The Labute approximate surface area is 210 Å². The van der Waals surface area contributed by atoms with Gasteiger partial charge in [0.05, 0.1) is 0 Å². The van der Waals surface area contributed by atoms with Crippen LogP contribution < -0.4 is 15.0 Å². The zero-order chi connectivity index (χ0) is 25.1. The highest BCUT2D eigenvalue weighted by Gasteiger charge is 2.24. The first-order valence-electron chi connectivity index (χ1n) is 12.1. The molecule has 3 aromatic carbocycles. The Balaban J connectivity index is 1.11. The summed E-state index contributed by atoms with van der Waals surface area (Å²) in [5, 5.41) is 3.81. The average molecular weight is 484 g/mol. The van der Waals surface area contributed by atoms with E-state index in [2.05, 4.69) is 10.2 Å². The van der Waals surface area contributed by atoms with E-state index in [0.717, 1.165) is 35.3 Å². The zero-order valence-corrected chi connectivity index (χ0v) is 20.5. The molecule has 36 heavy (non-hydrogen) atoms. The monoisotopic (exact) mass is 483 g/mol. The Bertz CT molecular complexity index is 1350. The van der Waals surface area contributed by atoms with Crippen LogP contribution in [0.5, 0.6) is 5.75 Å². The molecular formula is C29H29N3O4. The summed E-state index contributed by atoms with van der Waals surface area (Å²) in [4.78, 5) is 29.3. The number of carbonyl (C=O) groups is 2. The molecule has 1 fully saturated rings. The molecule has 1 N–H and O–H groups in total. The molecule has 5 rings (SSSR count). The lowest BCUT2D eigenvalue weighted by atomic mass is 10.1. The summed E-state index contributed by atoms with van der Waals surface area (Å²) in [5.41, 5.74) is 4.80. The summed E-state index contributed by atoms with van der Waals surface area (Å²) in [7, 11) is 0. The number of para-hydroxylation sites is 1. The lowest BCUT2D eigenvalue weighted by Gasteiger charge is -2.35. The van der Waals surface area contributed by atoms with Crippen LogP contribution in [0.3, 0.4) is 0 Å². The van der Waals surface area contributed by atoms with E-state index in [1.54, 1.807) is 0 Å². The van der Waals surface area contributed by atoms with Gasteiger partial charge in [0.2, 0.25) is 0 Å². The molecule has 1 aromatic heterocycles. The largest absolute Gasteiger partial charge is 0.484 e. The van der Waals surface area contributed by atoms with Crippen molar-refractivity contribution in [1.29, 1.82) is 0 Å². The molecule has 4 aromatic rings. The molecule has 1 aliphatic rings. The number of aryl methyl sites for hydroxylation is 2. The summed E-state index contributed by atoms with van der Waals surface area (Å²) in [5.74, 6) is 0.776. The molecule has 0 spiro atoms. The Morgan fingerprint density at radius 3 is 2.36 bits per heavy atom. The number of carbonyl (C=O) groups excluding carboxylic acids is 2. The number of benzene rings is 3.